The van der Waals surface area contributed by atoms with Gasteiger partial charge in [-0.1, -0.05) is 11.6 Å². The lowest BCUT2D eigenvalue weighted by molar-refractivity contribution is 0.430. The fourth-order valence-corrected chi connectivity index (χ4v) is 4.16. The molecule has 0 amide bonds. The highest BCUT2D eigenvalue weighted by Gasteiger charge is 2.29. The Morgan fingerprint density at radius 2 is 2.36 bits per heavy atom. The summed E-state index contributed by atoms with van der Waals surface area (Å²) in [5.41, 5.74) is 2.25. The van der Waals surface area contributed by atoms with Crippen molar-refractivity contribution in [2.45, 2.75) is 25.3 Å². The van der Waals surface area contributed by atoms with Crippen LogP contribution in [-0.2, 0) is 0 Å². The van der Waals surface area contributed by atoms with Gasteiger partial charge in [0.1, 0.15) is 32.1 Å². The van der Waals surface area contributed by atoms with Crippen LogP contribution in [0.5, 0.6) is 0 Å². The topological polar surface area (TPSA) is 28.5 Å². The van der Waals surface area contributed by atoms with Crippen molar-refractivity contribution in [3.63, 3.8) is 0 Å². The molecule has 3 nitrogen and oxygen atoms in total. The van der Waals surface area contributed by atoms with Gasteiger partial charge in [0.25, 0.3) is 0 Å². The van der Waals surface area contributed by atoms with Gasteiger partial charge in [0.15, 0.2) is 0 Å². The van der Waals surface area contributed by atoms with E-state index in [2.05, 4.69) is 11.2 Å². The van der Waals surface area contributed by atoms with Crippen molar-refractivity contribution in [3.05, 3.63) is 17.4 Å². The second kappa shape index (κ2) is 3.41. The van der Waals surface area contributed by atoms with Crippen molar-refractivity contribution in [2.24, 2.45) is 3.15 Å². The Bertz CT molecular complexity index is 403. The number of aromatic nitrogens is 1. The molecule has 74 valence electrons. The molecule has 0 spiro atoms. The first-order valence-corrected chi connectivity index (χ1v) is 6.95. The summed E-state index contributed by atoms with van der Waals surface area (Å²) in [6, 6.07) is 2.68. The van der Waals surface area contributed by atoms with Crippen LogP contribution in [0.2, 0.25) is 5.15 Å². The minimum atomic E-state index is -0.202. The van der Waals surface area contributed by atoms with Crippen LogP contribution in [0.3, 0.4) is 0 Å². The molecule has 0 bridgehead atoms. The van der Waals surface area contributed by atoms with E-state index in [9.17, 15) is 0 Å². The van der Waals surface area contributed by atoms with Crippen molar-refractivity contribution < 1.29 is 0 Å². The fraction of sp³-hybridized carbons (Fsp3) is 0.444. The minimum Gasteiger partial charge on any atom is -0.300 e. The first-order valence-electron chi connectivity index (χ1n) is 4.65. The van der Waals surface area contributed by atoms with E-state index in [1.165, 1.54) is 24.9 Å². The molecule has 3 rings (SSSR count). The second-order valence-electron chi connectivity index (χ2n) is 3.55. The van der Waals surface area contributed by atoms with E-state index in [-0.39, 0.29) is 21.3 Å². The molecule has 1 aromatic heterocycles. The average Bonchev–Trinajstić information content (AvgIpc) is 2.46. The van der Waals surface area contributed by atoms with Gasteiger partial charge >= 0.3 is 0 Å². The van der Waals surface area contributed by atoms with Gasteiger partial charge in [-0.2, -0.15) is 0 Å². The Morgan fingerprint density at radius 3 is 3.07 bits per heavy atom. The Hall–Kier alpha value is -0.230. The summed E-state index contributed by atoms with van der Waals surface area (Å²) < 4.78 is 6.99. The quantitative estimate of drug-likeness (QED) is 0.447. The van der Waals surface area contributed by atoms with E-state index < -0.39 is 0 Å². The molecule has 14 heavy (non-hydrogen) atoms. The van der Waals surface area contributed by atoms with Crippen LogP contribution in [0.15, 0.2) is 15.4 Å². The Balaban J connectivity index is 1.99. The summed E-state index contributed by atoms with van der Waals surface area (Å²) in [6.07, 6.45) is 5.78. The van der Waals surface area contributed by atoms with Crippen molar-refractivity contribution in [3.8, 4) is 0 Å². The van der Waals surface area contributed by atoms with Crippen LogP contribution in [-0.4, -0.2) is 11.0 Å². The largest absolute Gasteiger partial charge is 0.300 e. The van der Waals surface area contributed by atoms with Gasteiger partial charge in [0.05, 0.1) is 11.9 Å². The number of pyridine rings is 1. The molecule has 0 N–H and O–H groups in total. The van der Waals surface area contributed by atoms with Crippen LogP contribution in [0, 0.1) is 0 Å². The maximum absolute atomic E-state index is 5.89. The van der Waals surface area contributed by atoms with E-state index in [1.54, 1.807) is 6.20 Å². The Morgan fingerprint density at radius 1 is 1.50 bits per heavy atom. The lowest BCUT2D eigenvalue weighted by atomic mass is 9.93. The normalized spacial score (nSPS) is 20.2. The number of anilines is 1. The summed E-state index contributed by atoms with van der Waals surface area (Å²) >= 11 is 5.69. The molecule has 0 atom stereocenters. The lowest BCUT2D eigenvalue weighted by Crippen LogP contribution is -2.32. The third-order valence-corrected chi connectivity index (χ3v) is 5.38. The third kappa shape index (κ3) is 1.35. The maximum Gasteiger partial charge on any atom is 0.131 e. The maximum atomic E-state index is 5.89. The molecule has 0 unspecified atom stereocenters. The van der Waals surface area contributed by atoms with Crippen LogP contribution < -0.4 is 3.11 Å². The lowest BCUT2D eigenvalue weighted by Gasteiger charge is -2.33. The zero-order valence-corrected chi connectivity index (χ0v) is 10.4. The molecule has 5 heteroatoms. The van der Waals surface area contributed by atoms with Gasteiger partial charge in [-0.25, -0.2) is 8.13 Å². The summed E-state index contributed by atoms with van der Waals surface area (Å²) in [5, 5.41) is 0.578. The van der Waals surface area contributed by atoms with Crippen LogP contribution >= 0.6 is 32.9 Å². The fourth-order valence-electron chi connectivity index (χ4n) is 1.64. The van der Waals surface area contributed by atoms with Crippen LogP contribution in [0.25, 0.3) is 0 Å². The standard InChI is InChI=1S/C9H9ClIN3/c10-9-4-8-7(5-12-9)13-11-14(8)6-2-1-3-6/h4-6H,1-3H2. The van der Waals surface area contributed by atoms with Gasteiger partial charge in [-0.15, -0.1) is 0 Å². The van der Waals surface area contributed by atoms with Crippen molar-refractivity contribution in [1.29, 1.82) is 0 Å². The number of hydrogen-bond acceptors (Lipinski definition) is 3. The summed E-state index contributed by atoms with van der Waals surface area (Å²) in [7, 11) is 0. The summed E-state index contributed by atoms with van der Waals surface area (Å²) in [5.74, 6) is 0. The molecule has 0 radical (unpaired) electrons. The van der Waals surface area contributed by atoms with Gasteiger partial charge in [0, 0.05) is 12.1 Å². The third-order valence-electron chi connectivity index (χ3n) is 2.66. The molecule has 2 heterocycles. The molecular weight excluding hydrogens is 312 g/mol. The predicted octanol–water partition coefficient (Wildman–Crippen LogP) is 3.81. The van der Waals surface area contributed by atoms with E-state index in [4.69, 9.17) is 11.6 Å². The first kappa shape index (κ1) is 9.03. The number of nitrogens with zero attached hydrogens (tertiary/aromatic N) is 3. The van der Waals surface area contributed by atoms with Gasteiger partial charge in [-0.3, -0.25) is 0 Å². The predicted molar refractivity (Wildman–Crippen MR) is 65.5 cm³/mol. The molecule has 1 fully saturated rings. The van der Waals surface area contributed by atoms with E-state index >= 15 is 0 Å². The van der Waals surface area contributed by atoms with Gasteiger partial charge in [-0.05, 0) is 19.3 Å². The molecule has 2 aliphatic rings. The second-order valence-corrected chi connectivity index (χ2v) is 5.89. The highest BCUT2D eigenvalue weighted by Crippen LogP contribution is 2.47. The van der Waals surface area contributed by atoms with E-state index in [1.807, 2.05) is 6.07 Å². The zero-order valence-electron chi connectivity index (χ0n) is 7.45. The van der Waals surface area contributed by atoms with Gasteiger partial charge in [0.2, 0.25) is 0 Å². The highest BCUT2D eigenvalue weighted by molar-refractivity contribution is 14.2. The SMILES string of the molecule is Clc1cc2c(cn1)N=IN2C1CCC1. The number of halogens is 2. The van der Waals surface area contributed by atoms with Crippen LogP contribution in [0.1, 0.15) is 19.3 Å². The molecule has 0 aromatic carbocycles. The molecule has 1 aromatic rings. The summed E-state index contributed by atoms with van der Waals surface area (Å²) in [4.78, 5) is 4.05. The van der Waals surface area contributed by atoms with Crippen molar-refractivity contribution in [1.82, 2.24) is 4.98 Å². The molecule has 0 saturated heterocycles. The minimum absolute atomic E-state index is 0.202. The molecular formula is C9H9ClIN3. The van der Waals surface area contributed by atoms with E-state index in [0.29, 0.717) is 5.15 Å². The number of hydrogen-bond donors (Lipinski definition) is 0. The monoisotopic (exact) mass is 321 g/mol. The Kier molecular flexibility index (Phi) is 2.20. The average molecular weight is 322 g/mol. The zero-order chi connectivity index (χ0) is 9.54. The molecule has 1 aliphatic carbocycles. The number of fused-ring (bicyclic) bond motifs is 1. The van der Waals surface area contributed by atoms with E-state index in [0.717, 1.165) is 11.7 Å². The first-order chi connectivity index (χ1) is 6.84. The molecule has 1 aliphatic heterocycles. The summed E-state index contributed by atoms with van der Waals surface area (Å²) in [6.45, 7) is 0. The van der Waals surface area contributed by atoms with Gasteiger partial charge < -0.3 is 3.11 Å². The Labute approximate surface area is 98.0 Å². The highest BCUT2D eigenvalue weighted by atomic mass is 127. The smallest absolute Gasteiger partial charge is 0.131 e. The van der Waals surface area contributed by atoms with Crippen molar-refractivity contribution in [2.75, 3.05) is 3.11 Å². The number of rotatable bonds is 1. The molecule has 1 saturated carbocycles. The van der Waals surface area contributed by atoms with Crippen molar-refractivity contribution >= 4 is 44.3 Å². The van der Waals surface area contributed by atoms with Crippen LogP contribution in [0.4, 0.5) is 11.4 Å².